The van der Waals surface area contributed by atoms with Crippen molar-refractivity contribution in [3.8, 4) is 0 Å². The average molecular weight is 215 g/mol. The van der Waals surface area contributed by atoms with E-state index >= 15 is 0 Å². The van der Waals surface area contributed by atoms with E-state index in [9.17, 15) is 9.59 Å². The zero-order valence-corrected chi connectivity index (χ0v) is 8.76. The van der Waals surface area contributed by atoms with E-state index in [1.807, 2.05) is 6.92 Å². The van der Waals surface area contributed by atoms with E-state index in [2.05, 4.69) is 5.32 Å². The topological polar surface area (TPSA) is 66.4 Å². The first kappa shape index (κ1) is 9.83. The van der Waals surface area contributed by atoms with Crippen molar-refractivity contribution in [3.05, 3.63) is 0 Å². The molecule has 1 spiro atoms. The summed E-state index contributed by atoms with van der Waals surface area (Å²) in [6, 6.07) is -0.681. The van der Waals surface area contributed by atoms with Gasteiger partial charge in [-0.1, -0.05) is 6.92 Å². The van der Waals surface area contributed by atoms with Gasteiger partial charge in [0.15, 0.2) is 0 Å². The van der Waals surface area contributed by atoms with Crippen molar-refractivity contribution in [1.82, 2.24) is 5.32 Å². The summed E-state index contributed by atoms with van der Waals surface area (Å²) < 4.78 is 0. The first-order valence-corrected chi connectivity index (χ1v) is 5.75. The van der Waals surface area contributed by atoms with Crippen LogP contribution in [0, 0.1) is 5.41 Å². The summed E-state index contributed by atoms with van der Waals surface area (Å²) in [5.41, 5.74) is -0.340. The highest BCUT2D eigenvalue weighted by molar-refractivity contribution is 8.00. The predicted octanol–water partition coefficient (Wildman–Crippen LogP) is 0.471. The molecule has 0 radical (unpaired) electrons. The molecule has 2 rings (SSSR count). The molecule has 2 fully saturated rings. The van der Waals surface area contributed by atoms with Crippen LogP contribution >= 0.6 is 11.8 Å². The SMILES string of the molecule is CC1SCCC12CC(=O)NC2C(=O)O. The normalized spacial score (nSPS) is 41.6. The lowest BCUT2D eigenvalue weighted by Crippen LogP contribution is -2.46. The fraction of sp³-hybridized carbons (Fsp3) is 0.778. The number of amides is 1. The van der Waals surface area contributed by atoms with Crippen molar-refractivity contribution in [3.63, 3.8) is 0 Å². The molecule has 2 aliphatic heterocycles. The van der Waals surface area contributed by atoms with Crippen LogP contribution in [-0.4, -0.2) is 34.0 Å². The third-order valence-corrected chi connectivity index (χ3v) is 4.77. The van der Waals surface area contributed by atoms with Gasteiger partial charge in [0.1, 0.15) is 6.04 Å². The van der Waals surface area contributed by atoms with E-state index in [1.54, 1.807) is 11.8 Å². The highest BCUT2D eigenvalue weighted by Crippen LogP contribution is 2.50. The van der Waals surface area contributed by atoms with E-state index < -0.39 is 12.0 Å². The molecule has 14 heavy (non-hydrogen) atoms. The van der Waals surface area contributed by atoms with Gasteiger partial charge in [-0.3, -0.25) is 4.79 Å². The van der Waals surface area contributed by atoms with Gasteiger partial charge in [0.25, 0.3) is 0 Å². The highest BCUT2D eigenvalue weighted by Gasteiger charge is 2.56. The first-order chi connectivity index (χ1) is 6.56. The minimum Gasteiger partial charge on any atom is -0.480 e. The van der Waals surface area contributed by atoms with Gasteiger partial charge >= 0.3 is 5.97 Å². The molecular formula is C9H13NO3S. The Kier molecular flexibility index (Phi) is 2.21. The van der Waals surface area contributed by atoms with Crippen LogP contribution in [0.2, 0.25) is 0 Å². The number of carboxylic acid groups (broad SMARTS) is 1. The molecule has 1 amide bonds. The maximum absolute atomic E-state index is 11.3. The molecule has 78 valence electrons. The zero-order valence-electron chi connectivity index (χ0n) is 7.95. The van der Waals surface area contributed by atoms with Gasteiger partial charge in [-0.25, -0.2) is 4.79 Å². The summed E-state index contributed by atoms with van der Waals surface area (Å²) in [4.78, 5) is 22.3. The van der Waals surface area contributed by atoms with Crippen molar-refractivity contribution in [1.29, 1.82) is 0 Å². The molecule has 2 saturated heterocycles. The number of aliphatic carboxylic acids is 1. The zero-order chi connectivity index (χ0) is 10.3. The maximum atomic E-state index is 11.3. The first-order valence-electron chi connectivity index (χ1n) is 4.70. The van der Waals surface area contributed by atoms with Gasteiger partial charge in [-0.05, 0) is 12.2 Å². The van der Waals surface area contributed by atoms with E-state index in [0.717, 1.165) is 12.2 Å². The molecule has 0 aromatic rings. The van der Waals surface area contributed by atoms with Crippen molar-refractivity contribution in [2.75, 3.05) is 5.75 Å². The van der Waals surface area contributed by atoms with Crippen molar-refractivity contribution in [2.45, 2.75) is 31.1 Å². The second-order valence-corrected chi connectivity index (χ2v) is 5.46. The molecule has 0 saturated carbocycles. The molecule has 2 N–H and O–H groups in total. The number of carbonyl (C=O) groups is 2. The standard InChI is InChI=1S/C9H13NO3S/c1-5-9(2-3-14-5)4-6(11)10-7(9)8(12)13/h5,7H,2-4H2,1H3,(H,10,11)(H,12,13). The predicted molar refractivity (Wildman–Crippen MR) is 53.2 cm³/mol. The third-order valence-electron chi connectivity index (χ3n) is 3.36. The fourth-order valence-corrected chi connectivity index (χ4v) is 3.99. The van der Waals surface area contributed by atoms with Gasteiger partial charge in [0, 0.05) is 17.1 Å². The fourth-order valence-electron chi connectivity index (χ4n) is 2.47. The number of hydrogen-bond donors (Lipinski definition) is 2. The molecule has 3 unspecified atom stereocenters. The Hall–Kier alpha value is -0.710. The van der Waals surface area contributed by atoms with Gasteiger partial charge in [0.2, 0.25) is 5.91 Å². The van der Waals surface area contributed by atoms with E-state index in [0.29, 0.717) is 6.42 Å². The minimum atomic E-state index is -0.898. The summed E-state index contributed by atoms with van der Waals surface area (Å²) in [5.74, 6) is -0.0585. The van der Waals surface area contributed by atoms with Crippen molar-refractivity contribution in [2.24, 2.45) is 5.41 Å². The van der Waals surface area contributed by atoms with Gasteiger partial charge in [-0.15, -0.1) is 0 Å². The van der Waals surface area contributed by atoms with Crippen molar-refractivity contribution < 1.29 is 14.7 Å². The number of carboxylic acids is 1. The van der Waals surface area contributed by atoms with Gasteiger partial charge in [0.05, 0.1) is 0 Å². The molecular weight excluding hydrogens is 202 g/mol. The summed E-state index contributed by atoms with van der Waals surface area (Å²) in [5, 5.41) is 11.9. The van der Waals surface area contributed by atoms with Crippen LogP contribution in [-0.2, 0) is 9.59 Å². The summed E-state index contributed by atoms with van der Waals surface area (Å²) in [7, 11) is 0. The maximum Gasteiger partial charge on any atom is 0.326 e. The molecule has 4 nitrogen and oxygen atoms in total. The smallest absolute Gasteiger partial charge is 0.326 e. The lowest BCUT2D eigenvalue weighted by atomic mass is 9.75. The second kappa shape index (κ2) is 3.15. The Labute approximate surface area is 86.4 Å². The molecule has 0 aliphatic carbocycles. The van der Waals surface area contributed by atoms with E-state index in [4.69, 9.17) is 5.11 Å². The Bertz CT molecular complexity index is 294. The molecule has 3 atom stereocenters. The number of carbonyl (C=O) groups excluding carboxylic acids is 1. The van der Waals surface area contributed by atoms with Crippen molar-refractivity contribution >= 4 is 23.6 Å². The van der Waals surface area contributed by atoms with E-state index in [-0.39, 0.29) is 16.6 Å². The summed E-state index contributed by atoms with van der Waals surface area (Å²) >= 11 is 1.76. The molecule has 5 heteroatoms. The van der Waals surface area contributed by atoms with Crippen LogP contribution in [0.15, 0.2) is 0 Å². The number of rotatable bonds is 1. The van der Waals surface area contributed by atoms with Gasteiger partial charge < -0.3 is 10.4 Å². The van der Waals surface area contributed by atoms with Crippen LogP contribution in [0.25, 0.3) is 0 Å². The molecule has 0 aromatic carbocycles. The average Bonchev–Trinajstić information content (AvgIpc) is 2.60. The monoisotopic (exact) mass is 215 g/mol. The quantitative estimate of drug-likeness (QED) is 0.667. The van der Waals surface area contributed by atoms with Crippen LogP contribution < -0.4 is 5.32 Å². The van der Waals surface area contributed by atoms with E-state index in [1.165, 1.54) is 0 Å². The molecule has 0 bridgehead atoms. The van der Waals surface area contributed by atoms with Crippen LogP contribution in [0.3, 0.4) is 0 Å². The highest BCUT2D eigenvalue weighted by atomic mass is 32.2. The third kappa shape index (κ3) is 1.22. The second-order valence-electron chi connectivity index (χ2n) is 4.01. The van der Waals surface area contributed by atoms with Gasteiger partial charge in [-0.2, -0.15) is 11.8 Å². The van der Waals surface area contributed by atoms with Crippen LogP contribution in [0.1, 0.15) is 19.8 Å². The Morgan fingerprint density at radius 1 is 1.71 bits per heavy atom. The Balaban J connectivity index is 2.31. The lowest BCUT2D eigenvalue weighted by Gasteiger charge is -2.30. The number of thioether (sulfide) groups is 1. The number of hydrogen-bond acceptors (Lipinski definition) is 3. The molecule has 2 heterocycles. The minimum absolute atomic E-state index is 0.119. The Morgan fingerprint density at radius 2 is 2.43 bits per heavy atom. The largest absolute Gasteiger partial charge is 0.480 e. The van der Waals surface area contributed by atoms with Crippen LogP contribution in [0.4, 0.5) is 0 Å². The Morgan fingerprint density at radius 3 is 2.93 bits per heavy atom. The lowest BCUT2D eigenvalue weighted by molar-refractivity contribution is -0.142. The summed E-state index contributed by atoms with van der Waals surface area (Å²) in [6.45, 7) is 2.02. The molecule has 2 aliphatic rings. The summed E-state index contributed by atoms with van der Waals surface area (Å²) in [6.07, 6.45) is 1.20. The number of nitrogens with one attached hydrogen (secondary N) is 1. The van der Waals surface area contributed by atoms with Crippen LogP contribution in [0.5, 0.6) is 0 Å². The molecule has 0 aromatic heterocycles.